The van der Waals surface area contributed by atoms with Gasteiger partial charge in [-0.25, -0.2) is 19.9 Å². The summed E-state index contributed by atoms with van der Waals surface area (Å²) in [6.07, 6.45) is 6.56. The van der Waals surface area contributed by atoms with Gasteiger partial charge < -0.3 is 15.5 Å². The number of nitrogens with one attached hydrogen (secondary N) is 1. The molecular weight excluding hydrogens is 428 g/mol. The number of aromatic amines is 1. The topological polar surface area (TPSA) is 125 Å². The van der Waals surface area contributed by atoms with Crippen molar-refractivity contribution in [3.63, 3.8) is 0 Å². The minimum atomic E-state index is 0.233. The normalized spacial score (nSPS) is 21.3. The Bertz CT molecular complexity index is 1230. The summed E-state index contributed by atoms with van der Waals surface area (Å²) in [5, 5.41) is 6.86. The van der Waals surface area contributed by atoms with Crippen LogP contribution in [0.2, 0.25) is 0 Å². The third-order valence-electron chi connectivity index (χ3n) is 7.57. The van der Waals surface area contributed by atoms with Crippen molar-refractivity contribution < 1.29 is 0 Å². The molecule has 0 aromatic carbocycles. The monoisotopic (exact) mass is 458 g/mol. The predicted octanol–water partition coefficient (Wildman–Crippen LogP) is 2.50. The largest absolute Gasteiger partial charge is 0.355 e. The molecule has 10 heteroatoms. The minimum absolute atomic E-state index is 0.233. The maximum atomic E-state index is 5.98. The molecule has 1 fully saturated rings. The summed E-state index contributed by atoms with van der Waals surface area (Å²) in [5.41, 5.74) is 11.0. The third-order valence-corrected chi connectivity index (χ3v) is 7.57. The number of amidine groups is 1. The first-order valence-corrected chi connectivity index (χ1v) is 12.0. The summed E-state index contributed by atoms with van der Waals surface area (Å²) in [4.78, 5) is 28.5. The Morgan fingerprint density at radius 3 is 2.76 bits per heavy atom. The Hall–Kier alpha value is -3.40. The number of hydrogen-bond donors (Lipinski definition) is 2. The van der Waals surface area contributed by atoms with Gasteiger partial charge in [0.05, 0.1) is 29.8 Å². The number of nitrogens with zero attached hydrogens (tertiary/aromatic N) is 8. The van der Waals surface area contributed by atoms with Crippen LogP contribution in [-0.4, -0.2) is 62.1 Å². The van der Waals surface area contributed by atoms with Gasteiger partial charge in [-0.3, -0.25) is 10.1 Å². The van der Waals surface area contributed by atoms with Gasteiger partial charge in [0, 0.05) is 25.6 Å². The minimum Gasteiger partial charge on any atom is -0.355 e. The lowest BCUT2D eigenvalue weighted by Gasteiger charge is -2.39. The van der Waals surface area contributed by atoms with Crippen LogP contribution < -0.4 is 15.5 Å². The van der Waals surface area contributed by atoms with Crippen molar-refractivity contribution in [3.8, 4) is 11.5 Å². The fraction of sp³-hybridized carbons (Fsp3) is 0.500. The fourth-order valence-corrected chi connectivity index (χ4v) is 5.10. The standard InChI is InChI=1S/C24H30N10/c1-15-5-8-34(18-4-3-16(31-20(15)18)22-28-14-29-32-22)23-21-17(11-27-23)30-19(12-26-21)33-9-6-24(2,13-25)7-10-33/h3-4,12,14-15H,5-11,13,25H2,1-2H3,(H,28,29,32)/t15-/m0/s1. The number of H-pyrrole nitrogens is 1. The molecule has 0 spiro atoms. The van der Waals surface area contributed by atoms with Gasteiger partial charge in [0.15, 0.2) is 11.7 Å². The molecule has 34 heavy (non-hydrogen) atoms. The van der Waals surface area contributed by atoms with E-state index in [4.69, 9.17) is 25.7 Å². The molecule has 176 valence electrons. The molecule has 1 saturated heterocycles. The Morgan fingerprint density at radius 2 is 2.00 bits per heavy atom. The average molecular weight is 459 g/mol. The molecule has 0 bridgehead atoms. The summed E-state index contributed by atoms with van der Waals surface area (Å²) in [6, 6.07) is 4.10. The lowest BCUT2D eigenvalue weighted by molar-refractivity contribution is 0.258. The molecule has 3 aliphatic rings. The van der Waals surface area contributed by atoms with Gasteiger partial charge in [-0.2, -0.15) is 5.10 Å². The Balaban J connectivity index is 1.26. The second-order valence-electron chi connectivity index (χ2n) is 9.94. The lowest BCUT2D eigenvalue weighted by Crippen LogP contribution is -2.42. The first-order valence-electron chi connectivity index (χ1n) is 12.0. The summed E-state index contributed by atoms with van der Waals surface area (Å²) in [6.45, 7) is 8.60. The molecule has 0 radical (unpaired) electrons. The van der Waals surface area contributed by atoms with Crippen LogP contribution in [0.1, 0.15) is 56.1 Å². The smallest absolute Gasteiger partial charge is 0.174 e. The van der Waals surface area contributed by atoms with Crippen LogP contribution in [0.3, 0.4) is 0 Å². The van der Waals surface area contributed by atoms with E-state index in [0.717, 1.165) is 85.6 Å². The van der Waals surface area contributed by atoms with Gasteiger partial charge in [0.1, 0.15) is 23.5 Å². The van der Waals surface area contributed by atoms with Gasteiger partial charge in [0.2, 0.25) is 0 Å². The van der Waals surface area contributed by atoms with E-state index in [9.17, 15) is 0 Å². The molecule has 10 nitrogen and oxygen atoms in total. The van der Waals surface area contributed by atoms with Crippen LogP contribution >= 0.6 is 0 Å². The number of rotatable bonds is 3. The highest BCUT2D eigenvalue weighted by Crippen LogP contribution is 2.37. The Morgan fingerprint density at radius 1 is 1.15 bits per heavy atom. The maximum absolute atomic E-state index is 5.98. The second kappa shape index (κ2) is 8.12. The number of piperidine rings is 1. The number of fused-ring (bicyclic) bond motifs is 2. The molecule has 3 aromatic rings. The zero-order valence-corrected chi connectivity index (χ0v) is 19.7. The van der Waals surface area contributed by atoms with Gasteiger partial charge in [-0.1, -0.05) is 13.8 Å². The van der Waals surface area contributed by atoms with E-state index >= 15 is 0 Å². The molecule has 0 saturated carbocycles. The lowest BCUT2D eigenvalue weighted by atomic mass is 9.80. The number of pyridine rings is 1. The van der Waals surface area contributed by atoms with Crippen LogP contribution in [0.5, 0.6) is 0 Å². The highest BCUT2D eigenvalue weighted by molar-refractivity contribution is 6.11. The average Bonchev–Trinajstić information content (AvgIpc) is 3.55. The number of aliphatic imine (C=N–C) groups is 1. The molecule has 0 unspecified atom stereocenters. The van der Waals surface area contributed by atoms with E-state index in [-0.39, 0.29) is 5.41 Å². The third kappa shape index (κ3) is 3.53. The van der Waals surface area contributed by atoms with E-state index < -0.39 is 0 Å². The Kier molecular flexibility index (Phi) is 5.05. The predicted molar refractivity (Wildman–Crippen MR) is 131 cm³/mol. The SMILES string of the molecule is C[C@H]1CCN(C2=NCc3nc(N4CCC(C)(CN)CC4)cnc32)c2ccc(-c3ncn[nH]3)nc21. The van der Waals surface area contributed by atoms with Crippen LogP contribution in [0.15, 0.2) is 29.6 Å². The number of nitrogens with two attached hydrogens (primary N) is 1. The van der Waals surface area contributed by atoms with Crippen LogP contribution in [-0.2, 0) is 6.54 Å². The van der Waals surface area contributed by atoms with E-state index in [1.807, 2.05) is 12.3 Å². The van der Waals surface area contributed by atoms with E-state index in [0.29, 0.717) is 18.3 Å². The summed E-state index contributed by atoms with van der Waals surface area (Å²) < 4.78 is 0. The highest BCUT2D eigenvalue weighted by Gasteiger charge is 2.33. The van der Waals surface area contributed by atoms with Crippen molar-refractivity contribution in [1.82, 2.24) is 30.1 Å². The fourth-order valence-electron chi connectivity index (χ4n) is 5.10. The van der Waals surface area contributed by atoms with Gasteiger partial charge >= 0.3 is 0 Å². The van der Waals surface area contributed by atoms with Crippen molar-refractivity contribution in [2.45, 2.75) is 45.6 Å². The first kappa shape index (κ1) is 21.2. The van der Waals surface area contributed by atoms with Crippen LogP contribution in [0.25, 0.3) is 11.5 Å². The number of anilines is 2. The zero-order valence-electron chi connectivity index (χ0n) is 19.7. The maximum Gasteiger partial charge on any atom is 0.174 e. The van der Waals surface area contributed by atoms with Gasteiger partial charge in [-0.05, 0) is 43.4 Å². The Labute approximate surface area is 198 Å². The quantitative estimate of drug-likeness (QED) is 0.613. The molecule has 0 amide bonds. The summed E-state index contributed by atoms with van der Waals surface area (Å²) in [7, 11) is 0. The van der Waals surface area contributed by atoms with Gasteiger partial charge in [0.25, 0.3) is 0 Å². The van der Waals surface area contributed by atoms with Crippen molar-refractivity contribution in [2.75, 3.05) is 36.0 Å². The van der Waals surface area contributed by atoms with Crippen molar-refractivity contribution >= 4 is 17.3 Å². The molecule has 3 N–H and O–H groups in total. The van der Waals surface area contributed by atoms with E-state index in [1.54, 1.807) is 0 Å². The molecular formula is C24H30N10. The van der Waals surface area contributed by atoms with Crippen LogP contribution in [0.4, 0.5) is 11.5 Å². The van der Waals surface area contributed by atoms with Crippen molar-refractivity contribution in [2.24, 2.45) is 16.1 Å². The molecule has 1 atom stereocenters. The number of hydrogen-bond acceptors (Lipinski definition) is 9. The molecule has 6 heterocycles. The molecule has 6 rings (SSSR count). The van der Waals surface area contributed by atoms with Crippen LogP contribution in [0, 0.1) is 5.41 Å². The van der Waals surface area contributed by atoms with Crippen molar-refractivity contribution in [1.29, 1.82) is 0 Å². The first-order chi connectivity index (χ1) is 16.5. The molecule has 3 aromatic heterocycles. The molecule has 0 aliphatic carbocycles. The highest BCUT2D eigenvalue weighted by atomic mass is 15.3. The second-order valence-corrected chi connectivity index (χ2v) is 9.94. The summed E-state index contributed by atoms with van der Waals surface area (Å²) in [5.74, 6) is 2.87. The van der Waals surface area contributed by atoms with Crippen molar-refractivity contribution in [3.05, 3.63) is 41.7 Å². The van der Waals surface area contributed by atoms with E-state index in [1.165, 1.54) is 6.33 Å². The van der Waals surface area contributed by atoms with Gasteiger partial charge in [-0.15, -0.1) is 0 Å². The summed E-state index contributed by atoms with van der Waals surface area (Å²) >= 11 is 0. The zero-order chi connectivity index (χ0) is 23.3. The number of aromatic nitrogens is 6. The molecule has 3 aliphatic heterocycles. The van der Waals surface area contributed by atoms with E-state index in [2.05, 4.69) is 44.9 Å².